The van der Waals surface area contributed by atoms with Crippen LogP contribution >= 0.6 is 0 Å². The van der Waals surface area contributed by atoms with E-state index in [0.717, 1.165) is 54.6 Å². The minimum atomic E-state index is 0.628. The molecule has 0 atom stereocenters. The van der Waals surface area contributed by atoms with Gasteiger partial charge in [-0.1, -0.05) is 140 Å². The normalized spacial score (nSPS) is 11.4. The molecule has 0 aliphatic carbocycles. The van der Waals surface area contributed by atoms with Gasteiger partial charge in [0.1, 0.15) is 0 Å². The van der Waals surface area contributed by atoms with Crippen molar-refractivity contribution in [2.75, 3.05) is 0 Å². The molecule has 47 heavy (non-hydrogen) atoms. The van der Waals surface area contributed by atoms with Crippen LogP contribution in [-0.2, 0) is 0 Å². The minimum Gasteiger partial charge on any atom is -0.278 e. The number of nitrogens with zero attached hydrogens (tertiary/aromatic N) is 3. The third kappa shape index (κ3) is 4.68. The Morgan fingerprint density at radius 3 is 1.34 bits per heavy atom. The predicted molar refractivity (Wildman–Crippen MR) is 197 cm³/mol. The van der Waals surface area contributed by atoms with Crippen LogP contribution in [0.1, 0.15) is 0 Å². The minimum absolute atomic E-state index is 0.628. The quantitative estimate of drug-likeness (QED) is 0.202. The standard InChI is InChI=1S/C44H29N3/c1-3-13-30(14-4-1)32-23-25-42-39(27-32)37-20-10-8-18-35(37)36-19-9-11-21-38(36)40-28-33(31-15-5-2-6-16-31)24-26-43(40)47(42)44-45-29-34-17-7-12-22-41(34)46-44/h1-29H. The summed E-state index contributed by atoms with van der Waals surface area (Å²) >= 11 is 0. The molecule has 2 aromatic heterocycles. The van der Waals surface area contributed by atoms with Crippen molar-refractivity contribution in [1.82, 2.24) is 14.5 Å². The molecule has 0 aliphatic rings. The van der Waals surface area contributed by atoms with Gasteiger partial charge < -0.3 is 0 Å². The summed E-state index contributed by atoms with van der Waals surface area (Å²) < 4.78 is 2.25. The molecule has 220 valence electrons. The van der Waals surface area contributed by atoms with Gasteiger partial charge in [-0.25, -0.2) is 9.97 Å². The fourth-order valence-electron chi connectivity index (χ4n) is 6.83. The van der Waals surface area contributed by atoms with Crippen LogP contribution in [0.5, 0.6) is 0 Å². The second-order valence-corrected chi connectivity index (χ2v) is 11.9. The zero-order valence-corrected chi connectivity index (χ0v) is 25.6. The molecule has 0 saturated carbocycles. The summed E-state index contributed by atoms with van der Waals surface area (Å²) in [6.45, 7) is 0. The van der Waals surface area contributed by atoms with Crippen LogP contribution in [0.25, 0.3) is 82.5 Å². The molecule has 0 aliphatic heterocycles. The highest BCUT2D eigenvalue weighted by Gasteiger charge is 2.14. The van der Waals surface area contributed by atoms with Crippen LogP contribution in [-0.4, -0.2) is 14.5 Å². The summed E-state index contributed by atoms with van der Waals surface area (Å²) in [6, 6.07) is 60.4. The van der Waals surface area contributed by atoms with E-state index in [-0.39, 0.29) is 0 Å². The first-order chi connectivity index (χ1) is 23.3. The lowest BCUT2D eigenvalue weighted by atomic mass is 9.98. The lowest BCUT2D eigenvalue weighted by Gasteiger charge is -2.14. The Hall–Kier alpha value is -6.32. The van der Waals surface area contributed by atoms with Crippen LogP contribution in [0, 0.1) is 0 Å². The van der Waals surface area contributed by atoms with Gasteiger partial charge in [-0.15, -0.1) is 0 Å². The fourth-order valence-corrected chi connectivity index (χ4v) is 6.83. The van der Waals surface area contributed by atoms with Gasteiger partial charge in [-0.05, 0) is 74.1 Å². The highest BCUT2D eigenvalue weighted by Crippen LogP contribution is 2.37. The van der Waals surface area contributed by atoms with Gasteiger partial charge in [0.2, 0.25) is 5.95 Å². The number of fused-ring (bicyclic) bond motifs is 8. The van der Waals surface area contributed by atoms with Crippen molar-refractivity contribution in [2.24, 2.45) is 0 Å². The van der Waals surface area contributed by atoms with Crippen molar-refractivity contribution < 1.29 is 0 Å². The SMILES string of the molecule is c1ccc(-c2ccc3c(c2)c2ccccc2c2ccccc2c2cc(-c4ccccc4)ccc2n3-c2ncc3ccccc3n2)cc1. The summed E-state index contributed by atoms with van der Waals surface area (Å²) in [7, 11) is 0. The van der Waals surface area contributed by atoms with E-state index in [9.17, 15) is 0 Å². The maximum absolute atomic E-state index is 5.19. The predicted octanol–water partition coefficient (Wildman–Crippen LogP) is 11.5. The zero-order valence-electron chi connectivity index (χ0n) is 25.6. The summed E-state index contributed by atoms with van der Waals surface area (Å²) in [5.41, 5.74) is 7.62. The van der Waals surface area contributed by atoms with Crippen molar-refractivity contribution in [2.45, 2.75) is 0 Å². The maximum atomic E-state index is 5.19. The monoisotopic (exact) mass is 599 g/mol. The Labute approximate surface area is 272 Å². The van der Waals surface area contributed by atoms with Crippen LogP contribution in [0.4, 0.5) is 0 Å². The molecule has 3 heteroatoms. The van der Waals surface area contributed by atoms with E-state index in [1.807, 2.05) is 18.3 Å². The van der Waals surface area contributed by atoms with E-state index in [2.05, 4.69) is 162 Å². The summed E-state index contributed by atoms with van der Waals surface area (Å²) in [4.78, 5) is 10.2. The van der Waals surface area contributed by atoms with Crippen molar-refractivity contribution in [1.29, 1.82) is 0 Å². The molecule has 9 rings (SSSR count). The van der Waals surface area contributed by atoms with Gasteiger partial charge in [0.25, 0.3) is 0 Å². The Balaban J connectivity index is 1.56. The molecular formula is C44H29N3. The molecular weight excluding hydrogens is 571 g/mol. The first kappa shape index (κ1) is 27.0. The van der Waals surface area contributed by atoms with E-state index >= 15 is 0 Å². The maximum Gasteiger partial charge on any atom is 0.235 e. The second-order valence-electron chi connectivity index (χ2n) is 11.9. The lowest BCUT2D eigenvalue weighted by Crippen LogP contribution is -2.04. The number of hydrogen-bond donors (Lipinski definition) is 0. The average Bonchev–Trinajstić information content (AvgIpc) is 3.19. The van der Waals surface area contributed by atoms with Gasteiger partial charge in [-0.2, -0.15) is 0 Å². The molecule has 2 heterocycles. The highest BCUT2D eigenvalue weighted by molar-refractivity contribution is 6.20. The molecule has 7 aromatic carbocycles. The molecule has 3 nitrogen and oxygen atoms in total. The van der Waals surface area contributed by atoms with Crippen molar-refractivity contribution in [3.05, 3.63) is 176 Å². The van der Waals surface area contributed by atoms with Crippen molar-refractivity contribution in [3.8, 4) is 28.2 Å². The van der Waals surface area contributed by atoms with Crippen molar-refractivity contribution >= 4 is 54.3 Å². The molecule has 0 fully saturated rings. The van der Waals surface area contributed by atoms with E-state index in [4.69, 9.17) is 9.97 Å². The first-order valence-corrected chi connectivity index (χ1v) is 15.9. The summed E-state index contributed by atoms with van der Waals surface area (Å²) in [5.74, 6) is 0.628. The molecule has 0 amide bonds. The molecule has 0 N–H and O–H groups in total. The molecule has 0 radical (unpaired) electrons. The Morgan fingerprint density at radius 2 is 0.809 bits per heavy atom. The molecule has 0 saturated heterocycles. The zero-order chi connectivity index (χ0) is 31.2. The van der Waals surface area contributed by atoms with Gasteiger partial charge in [0.15, 0.2) is 0 Å². The van der Waals surface area contributed by atoms with Crippen LogP contribution < -0.4 is 0 Å². The summed E-state index contributed by atoms with van der Waals surface area (Å²) in [5, 5.41) is 7.94. The summed E-state index contributed by atoms with van der Waals surface area (Å²) in [6.07, 6.45) is 1.93. The van der Waals surface area contributed by atoms with E-state index in [0.29, 0.717) is 5.95 Å². The Morgan fingerprint density at radius 1 is 0.362 bits per heavy atom. The fraction of sp³-hybridized carbons (Fsp3) is 0. The van der Waals surface area contributed by atoms with E-state index in [1.54, 1.807) is 0 Å². The topological polar surface area (TPSA) is 30.7 Å². The average molecular weight is 600 g/mol. The van der Waals surface area contributed by atoms with E-state index < -0.39 is 0 Å². The van der Waals surface area contributed by atoms with Gasteiger partial charge >= 0.3 is 0 Å². The molecule has 9 aromatic rings. The van der Waals surface area contributed by atoms with Crippen LogP contribution in [0.3, 0.4) is 0 Å². The van der Waals surface area contributed by atoms with E-state index in [1.165, 1.54) is 21.9 Å². The van der Waals surface area contributed by atoms with Gasteiger partial charge in [0.05, 0.1) is 16.6 Å². The van der Waals surface area contributed by atoms with Gasteiger partial charge in [-0.3, -0.25) is 4.57 Å². The Bertz CT molecular complexity index is 2530. The van der Waals surface area contributed by atoms with Gasteiger partial charge in [0, 0.05) is 22.4 Å². The third-order valence-corrected chi connectivity index (χ3v) is 9.09. The smallest absolute Gasteiger partial charge is 0.235 e. The number of para-hydroxylation sites is 1. The molecule has 0 spiro atoms. The van der Waals surface area contributed by atoms with Crippen LogP contribution in [0.15, 0.2) is 176 Å². The Kier molecular flexibility index (Phi) is 6.46. The highest BCUT2D eigenvalue weighted by atomic mass is 15.1. The molecule has 0 bridgehead atoms. The van der Waals surface area contributed by atoms with Crippen LogP contribution in [0.2, 0.25) is 0 Å². The number of aromatic nitrogens is 3. The number of hydrogen-bond acceptors (Lipinski definition) is 2. The largest absolute Gasteiger partial charge is 0.278 e. The first-order valence-electron chi connectivity index (χ1n) is 15.9. The van der Waals surface area contributed by atoms with Crippen molar-refractivity contribution in [3.63, 3.8) is 0 Å². The number of benzene rings is 7. The number of rotatable bonds is 3. The third-order valence-electron chi connectivity index (χ3n) is 9.09. The lowest BCUT2D eigenvalue weighted by molar-refractivity contribution is 1.01. The second kappa shape index (κ2) is 11.2. The molecule has 0 unspecified atom stereocenters.